The van der Waals surface area contributed by atoms with Gasteiger partial charge in [0.2, 0.25) is 5.91 Å². The molecule has 2 heterocycles. The van der Waals surface area contributed by atoms with Crippen LogP contribution in [0.3, 0.4) is 0 Å². The lowest BCUT2D eigenvalue weighted by atomic mass is 10.1. The number of carbonyl (C=O) groups is 1. The van der Waals surface area contributed by atoms with E-state index in [1.165, 1.54) is 12.1 Å². The van der Waals surface area contributed by atoms with Gasteiger partial charge in [-0.05, 0) is 36.8 Å². The van der Waals surface area contributed by atoms with Crippen molar-refractivity contribution in [1.29, 1.82) is 0 Å². The quantitative estimate of drug-likeness (QED) is 0.873. The third-order valence-electron chi connectivity index (χ3n) is 4.35. The summed E-state index contributed by atoms with van der Waals surface area (Å²) in [5, 5.41) is 2.98. The lowest BCUT2D eigenvalue weighted by Crippen LogP contribution is -2.43. The highest BCUT2D eigenvalue weighted by Gasteiger charge is 2.25. The Morgan fingerprint density at radius 1 is 1.20 bits per heavy atom. The molecular weight excluding hydrogens is 323 g/mol. The maximum atomic E-state index is 12.9. The van der Waals surface area contributed by atoms with Crippen molar-refractivity contribution in [1.82, 2.24) is 10.2 Å². The number of carbonyl (C=O) groups excluding carboxylic acids is 1. The Morgan fingerprint density at radius 3 is 2.56 bits per heavy atom. The number of nitrogens with one attached hydrogen (secondary N) is 1. The van der Waals surface area contributed by atoms with E-state index in [1.807, 2.05) is 19.1 Å². The highest BCUT2D eigenvalue weighted by molar-refractivity contribution is 5.78. The van der Waals surface area contributed by atoms with Gasteiger partial charge in [0.25, 0.3) is 0 Å². The van der Waals surface area contributed by atoms with Crippen molar-refractivity contribution in [2.45, 2.75) is 19.4 Å². The fraction of sp³-hybridized carbons (Fsp3) is 0.421. The number of rotatable bonds is 6. The van der Waals surface area contributed by atoms with Crippen LogP contribution >= 0.6 is 0 Å². The lowest BCUT2D eigenvalue weighted by molar-refractivity contribution is -0.120. The molecule has 134 valence electrons. The monoisotopic (exact) mass is 346 g/mol. The molecule has 1 atom stereocenters. The molecule has 6 heteroatoms. The van der Waals surface area contributed by atoms with Crippen LogP contribution in [0.15, 0.2) is 40.8 Å². The maximum Gasteiger partial charge on any atom is 0.224 e. The van der Waals surface area contributed by atoms with E-state index in [9.17, 15) is 9.18 Å². The van der Waals surface area contributed by atoms with Crippen LogP contribution in [0.25, 0.3) is 0 Å². The van der Waals surface area contributed by atoms with Crippen LogP contribution in [-0.2, 0) is 16.0 Å². The van der Waals surface area contributed by atoms with Gasteiger partial charge in [-0.25, -0.2) is 4.39 Å². The van der Waals surface area contributed by atoms with E-state index in [0.29, 0.717) is 19.8 Å². The third kappa shape index (κ3) is 4.90. The molecule has 0 spiro atoms. The Morgan fingerprint density at radius 2 is 1.92 bits per heavy atom. The Kier molecular flexibility index (Phi) is 5.83. The van der Waals surface area contributed by atoms with E-state index in [4.69, 9.17) is 9.15 Å². The van der Waals surface area contributed by atoms with Crippen molar-refractivity contribution in [2.24, 2.45) is 0 Å². The molecule has 25 heavy (non-hydrogen) atoms. The molecule has 1 amide bonds. The van der Waals surface area contributed by atoms with Crippen molar-refractivity contribution >= 4 is 5.91 Å². The van der Waals surface area contributed by atoms with E-state index < -0.39 is 0 Å². The van der Waals surface area contributed by atoms with Crippen molar-refractivity contribution < 1.29 is 18.3 Å². The van der Waals surface area contributed by atoms with Gasteiger partial charge in [-0.3, -0.25) is 9.69 Å². The van der Waals surface area contributed by atoms with Crippen LogP contribution in [-0.4, -0.2) is 43.7 Å². The van der Waals surface area contributed by atoms with Gasteiger partial charge in [-0.15, -0.1) is 0 Å². The largest absolute Gasteiger partial charge is 0.465 e. The Hall–Kier alpha value is -2.18. The summed E-state index contributed by atoms with van der Waals surface area (Å²) in [5.74, 6) is 1.31. The molecule has 0 aliphatic carbocycles. The molecule has 0 bridgehead atoms. The SMILES string of the molecule is Cc1ccc(C(CNC(=O)Cc2ccc(F)cc2)N2CCOCC2)o1. The predicted octanol–water partition coefficient (Wildman–Crippen LogP) is 2.46. The minimum Gasteiger partial charge on any atom is -0.465 e. The summed E-state index contributed by atoms with van der Waals surface area (Å²) in [4.78, 5) is 14.5. The topological polar surface area (TPSA) is 54.7 Å². The van der Waals surface area contributed by atoms with Gasteiger partial charge in [0.05, 0.1) is 25.7 Å². The average molecular weight is 346 g/mol. The molecule has 1 fully saturated rings. The van der Waals surface area contributed by atoms with Crippen LogP contribution in [0.2, 0.25) is 0 Å². The molecule has 5 nitrogen and oxygen atoms in total. The summed E-state index contributed by atoms with van der Waals surface area (Å²) in [6.07, 6.45) is 0.229. The number of ether oxygens (including phenoxy) is 1. The van der Waals surface area contributed by atoms with Gasteiger partial charge < -0.3 is 14.5 Å². The molecule has 1 unspecified atom stereocenters. The molecule has 1 aliphatic rings. The number of aryl methyl sites for hydroxylation is 1. The highest BCUT2D eigenvalue weighted by Crippen LogP contribution is 2.23. The third-order valence-corrected chi connectivity index (χ3v) is 4.35. The molecule has 1 aromatic carbocycles. The minimum absolute atomic E-state index is 0.0187. The van der Waals surface area contributed by atoms with E-state index in [1.54, 1.807) is 12.1 Å². The van der Waals surface area contributed by atoms with E-state index in [2.05, 4.69) is 10.2 Å². The number of amides is 1. The van der Waals surface area contributed by atoms with Crippen molar-refractivity contribution in [2.75, 3.05) is 32.8 Å². The molecular formula is C19H23FN2O3. The van der Waals surface area contributed by atoms with Crippen molar-refractivity contribution in [3.05, 3.63) is 59.3 Å². The van der Waals surface area contributed by atoms with E-state index in [-0.39, 0.29) is 24.2 Å². The van der Waals surface area contributed by atoms with Crippen molar-refractivity contribution in [3.8, 4) is 0 Å². The number of halogens is 1. The first-order chi connectivity index (χ1) is 12.1. The number of benzene rings is 1. The van der Waals surface area contributed by atoms with Crippen LogP contribution in [0, 0.1) is 12.7 Å². The molecule has 0 radical (unpaired) electrons. The molecule has 1 saturated heterocycles. The zero-order valence-electron chi connectivity index (χ0n) is 14.3. The first kappa shape index (κ1) is 17.6. The van der Waals surface area contributed by atoms with Crippen LogP contribution in [0.5, 0.6) is 0 Å². The molecule has 1 N–H and O–H groups in total. The Bertz CT molecular complexity index is 693. The molecule has 1 aliphatic heterocycles. The summed E-state index contributed by atoms with van der Waals surface area (Å²) in [5.41, 5.74) is 0.788. The normalized spacial score (nSPS) is 16.6. The maximum absolute atomic E-state index is 12.9. The summed E-state index contributed by atoms with van der Waals surface area (Å²) in [6.45, 7) is 5.34. The number of nitrogens with zero attached hydrogens (tertiary/aromatic N) is 1. The second-order valence-corrected chi connectivity index (χ2v) is 6.22. The van der Waals surface area contributed by atoms with Crippen LogP contribution in [0.4, 0.5) is 4.39 Å². The predicted molar refractivity (Wildman–Crippen MR) is 91.7 cm³/mol. The number of hydrogen-bond acceptors (Lipinski definition) is 4. The first-order valence-electron chi connectivity index (χ1n) is 8.51. The zero-order chi connectivity index (χ0) is 17.6. The molecule has 0 saturated carbocycles. The highest BCUT2D eigenvalue weighted by atomic mass is 19.1. The van der Waals surface area contributed by atoms with Gasteiger partial charge in [-0.2, -0.15) is 0 Å². The fourth-order valence-corrected chi connectivity index (χ4v) is 2.99. The van der Waals surface area contributed by atoms with Gasteiger partial charge >= 0.3 is 0 Å². The Labute approximate surface area is 146 Å². The Balaban J connectivity index is 1.61. The lowest BCUT2D eigenvalue weighted by Gasteiger charge is -2.33. The summed E-state index contributed by atoms with van der Waals surface area (Å²) in [6, 6.07) is 9.86. The molecule has 3 rings (SSSR count). The van der Waals surface area contributed by atoms with Crippen LogP contribution in [0.1, 0.15) is 23.1 Å². The second-order valence-electron chi connectivity index (χ2n) is 6.22. The number of morpholine rings is 1. The van der Waals surface area contributed by atoms with Crippen LogP contribution < -0.4 is 5.32 Å². The van der Waals surface area contributed by atoms with Gasteiger partial charge in [0.15, 0.2) is 0 Å². The average Bonchev–Trinajstić information content (AvgIpc) is 3.04. The first-order valence-corrected chi connectivity index (χ1v) is 8.51. The number of hydrogen-bond donors (Lipinski definition) is 1. The van der Waals surface area contributed by atoms with E-state index in [0.717, 1.165) is 30.2 Å². The van der Waals surface area contributed by atoms with Gasteiger partial charge in [0, 0.05) is 19.6 Å². The summed E-state index contributed by atoms with van der Waals surface area (Å²) < 4.78 is 24.1. The molecule has 2 aromatic rings. The number of furan rings is 1. The standard InChI is InChI=1S/C19H23FN2O3/c1-14-2-7-18(25-14)17(22-8-10-24-11-9-22)13-21-19(23)12-15-3-5-16(20)6-4-15/h2-7,17H,8-13H2,1H3,(H,21,23). The van der Waals surface area contributed by atoms with E-state index >= 15 is 0 Å². The summed E-state index contributed by atoms with van der Waals surface area (Å²) in [7, 11) is 0. The van der Waals surface area contributed by atoms with Gasteiger partial charge in [0.1, 0.15) is 17.3 Å². The smallest absolute Gasteiger partial charge is 0.224 e. The minimum atomic E-state index is -0.301. The fourth-order valence-electron chi connectivity index (χ4n) is 2.99. The summed E-state index contributed by atoms with van der Waals surface area (Å²) >= 11 is 0. The molecule has 1 aromatic heterocycles. The second kappa shape index (κ2) is 8.27. The zero-order valence-corrected chi connectivity index (χ0v) is 14.3. The van der Waals surface area contributed by atoms with Gasteiger partial charge in [-0.1, -0.05) is 12.1 Å². The van der Waals surface area contributed by atoms with Crippen molar-refractivity contribution in [3.63, 3.8) is 0 Å².